The summed E-state index contributed by atoms with van der Waals surface area (Å²) in [5, 5.41) is 0. The fourth-order valence-electron chi connectivity index (χ4n) is 1.71. The van der Waals surface area contributed by atoms with Crippen LogP contribution in [0.3, 0.4) is 0 Å². The third kappa shape index (κ3) is 5.16. The number of sulfonamides is 1. The monoisotopic (exact) mass is 288 g/mol. The number of benzene rings is 1. The van der Waals surface area contributed by atoms with E-state index < -0.39 is 15.8 Å². The quantitative estimate of drug-likeness (QED) is 0.790. The third-order valence-electron chi connectivity index (χ3n) is 2.74. The molecule has 108 valence electrons. The average molecular weight is 288 g/mol. The maximum Gasteiger partial charge on any atom is 0.240 e. The van der Waals surface area contributed by atoms with Gasteiger partial charge in [0.15, 0.2) is 0 Å². The van der Waals surface area contributed by atoms with Gasteiger partial charge in [0.1, 0.15) is 5.82 Å². The molecule has 19 heavy (non-hydrogen) atoms. The number of rotatable bonds is 6. The van der Waals surface area contributed by atoms with Crippen LogP contribution in [0.4, 0.5) is 10.1 Å². The number of nitrogens with two attached hydrogens (primary N) is 1. The van der Waals surface area contributed by atoms with Crippen LogP contribution in [0.1, 0.15) is 33.6 Å². The van der Waals surface area contributed by atoms with E-state index in [9.17, 15) is 12.8 Å². The summed E-state index contributed by atoms with van der Waals surface area (Å²) in [6.45, 7) is 5.95. The SMILES string of the molecule is CC(C)CCC(C)NS(=O)(=O)c1cc(N)cc(F)c1. The molecule has 0 saturated heterocycles. The molecule has 0 fully saturated rings. The Morgan fingerprint density at radius 1 is 1.21 bits per heavy atom. The van der Waals surface area contributed by atoms with Crippen LogP contribution in [0.25, 0.3) is 0 Å². The molecule has 0 aromatic heterocycles. The molecule has 0 amide bonds. The zero-order valence-electron chi connectivity index (χ0n) is 11.5. The van der Waals surface area contributed by atoms with Gasteiger partial charge in [0.25, 0.3) is 0 Å². The fourth-order valence-corrected chi connectivity index (χ4v) is 3.06. The Hall–Kier alpha value is -1.14. The van der Waals surface area contributed by atoms with E-state index in [-0.39, 0.29) is 16.6 Å². The van der Waals surface area contributed by atoms with Crippen LogP contribution in [-0.2, 0) is 10.0 Å². The number of nitrogens with one attached hydrogen (secondary N) is 1. The fraction of sp³-hybridized carbons (Fsp3) is 0.538. The molecule has 1 aromatic rings. The Labute approximate surface area is 114 Å². The maximum atomic E-state index is 13.2. The summed E-state index contributed by atoms with van der Waals surface area (Å²) in [7, 11) is -3.72. The number of halogens is 1. The molecule has 0 aliphatic heterocycles. The maximum absolute atomic E-state index is 13.2. The molecule has 0 saturated carbocycles. The molecule has 0 heterocycles. The van der Waals surface area contributed by atoms with Crippen molar-refractivity contribution in [1.29, 1.82) is 0 Å². The van der Waals surface area contributed by atoms with Gasteiger partial charge in [-0.1, -0.05) is 13.8 Å². The van der Waals surface area contributed by atoms with E-state index in [1.54, 1.807) is 6.92 Å². The van der Waals surface area contributed by atoms with Crippen LogP contribution in [0.2, 0.25) is 0 Å². The minimum Gasteiger partial charge on any atom is -0.399 e. The highest BCUT2D eigenvalue weighted by molar-refractivity contribution is 7.89. The molecule has 1 rings (SSSR count). The highest BCUT2D eigenvalue weighted by atomic mass is 32.2. The summed E-state index contributed by atoms with van der Waals surface area (Å²) in [4.78, 5) is -0.138. The van der Waals surface area contributed by atoms with E-state index in [1.807, 2.05) is 0 Å². The van der Waals surface area contributed by atoms with E-state index in [1.165, 1.54) is 6.07 Å². The van der Waals surface area contributed by atoms with Gasteiger partial charge < -0.3 is 5.73 Å². The molecule has 1 aromatic carbocycles. The summed E-state index contributed by atoms with van der Waals surface area (Å²) < 4.78 is 39.8. The standard InChI is InChI=1S/C13H21FN2O2S/c1-9(2)4-5-10(3)16-19(17,18)13-7-11(14)6-12(15)8-13/h6-10,16H,4-5,15H2,1-3H3. The Morgan fingerprint density at radius 3 is 2.37 bits per heavy atom. The Morgan fingerprint density at radius 2 is 1.84 bits per heavy atom. The normalized spacial score (nSPS) is 13.7. The molecule has 0 aliphatic carbocycles. The lowest BCUT2D eigenvalue weighted by Crippen LogP contribution is -2.32. The molecule has 0 bridgehead atoms. The zero-order valence-corrected chi connectivity index (χ0v) is 12.3. The van der Waals surface area contributed by atoms with Crippen LogP contribution in [-0.4, -0.2) is 14.5 Å². The van der Waals surface area contributed by atoms with Crippen molar-refractivity contribution in [2.24, 2.45) is 5.92 Å². The number of nitrogen functional groups attached to an aromatic ring is 1. The van der Waals surface area contributed by atoms with E-state index >= 15 is 0 Å². The smallest absolute Gasteiger partial charge is 0.240 e. The second-order valence-electron chi connectivity index (χ2n) is 5.21. The van der Waals surface area contributed by atoms with Crippen LogP contribution in [0.5, 0.6) is 0 Å². The molecule has 1 atom stereocenters. The van der Waals surface area contributed by atoms with Gasteiger partial charge in [-0.05, 0) is 43.9 Å². The highest BCUT2D eigenvalue weighted by Gasteiger charge is 2.18. The van der Waals surface area contributed by atoms with Gasteiger partial charge in [0.05, 0.1) is 4.90 Å². The van der Waals surface area contributed by atoms with Crippen molar-refractivity contribution >= 4 is 15.7 Å². The minimum absolute atomic E-state index is 0.0928. The Kier molecular flexibility index (Phi) is 5.31. The van der Waals surface area contributed by atoms with Crippen LogP contribution >= 0.6 is 0 Å². The van der Waals surface area contributed by atoms with E-state index in [0.29, 0.717) is 5.92 Å². The first-order valence-electron chi connectivity index (χ1n) is 6.29. The second-order valence-corrected chi connectivity index (χ2v) is 6.93. The van der Waals surface area contributed by atoms with Gasteiger partial charge in [-0.3, -0.25) is 0 Å². The first-order valence-corrected chi connectivity index (χ1v) is 7.77. The first-order chi connectivity index (χ1) is 8.70. The van der Waals surface area contributed by atoms with Crippen molar-refractivity contribution in [2.45, 2.75) is 44.6 Å². The van der Waals surface area contributed by atoms with E-state index in [4.69, 9.17) is 5.73 Å². The summed E-state index contributed by atoms with van der Waals surface area (Å²) in [5.41, 5.74) is 5.55. The average Bonchev–Trinajstić information content (AvgIpc) is 2.24. The van der Waals surface area contributed by atoms with Crippen molar-refractivity contribution in [2.75, 3.05) is 5.73 Å². The molecule has 0 aliphatic rings. The lowest BCUT2D eigenvalue weighted by atomic mass is 10.1. The number of hydrogen-bond donors (Lipinski definition) is 2. The summed E-state index contributed by atoms with van der Waals surface area (Å²) in [6.07, 6.45) is 1.66. The van der Waals surface area contributed by atoms with Crippen molar-refractivity contribution in [3.05, 3.63) is 24.0 Å². The van der Waals surface area contributed by atoms with Gasteiger partial charge in [0.2, 0.25) is 10.0 Å². The molecular weight excluding hydrogens is 267 g/mol. The molecule has 4 nitrogen and oxygen atoms in total. The zero-order chi connectivity index (χ0) is 14.6. The molecule has 1 unspecified atom stereocenters. The third-order valence-corrected chi connectivity index (χ3v) is 4.31. The topological polar surface area (TPSA) is 72.2 Å². The summed E-state index contributed by atoms with van der Waals surface area (Å²) >= 11 is 0. The molecular formula is C13H21FN2O2S. The van der Waals surface area contributed by atoms with Gasteiger partial charge >= 0.3 is 0 Å². The van der Waals surface area contributed by atoms with Gasteiger partial charge in [0, 0.05) is 11.7 Å². The molecule has 6 heteroatoms. The molecule has 0 spiro atoms. The summed E-state index contributed by atoms with van der Waals surface area (Å²) in [6, 6.07) is 3.10. The minimum atomic E-state index is -3.72. The van der Waals surface area contributed by atoms with E-state index in [0.717, 1.165) is 25.0 Å². The highest BCUT2D eigenvalue weighted by Crippen LogP contribution is 2.17. The molecule has 0 radical (unpaired) electrons. The Balaban J connectivity index is 2.80. The predicted octanol–water partition coefficient (Wildman–Crippen LogP) is 2.51. The van der Waals surface area contributed by atoms with Crippen molar-refractivity contribution < 1.29 is 12.8 Å². The number of anilines is 1. The number of hydrogen-bond acceptors (Lipinski definition) is 3. The summed E-state index contributed by atoms with van der Waals surface area (Å²) in [5.74, 6) is -0.146. The van der Waals surface area contributed by atoms with Crippen LogP contribution < -0.4 is 10.5 Å². The van der Waals surface area contributed by atoms with Crippen molar-refractivity contribution in [3.63, 3.8) is 0 Å². The second kappa shape index (κ2) is 6.34. The Bertz CT molecular complexity index is 509. The van der Waals surface area contributed by atoms with Crippen molar-refractivity contribution in [1.82, 2.24) is 4.72 Å². The van der Waals surface area contributed by atoms with Crippen molar-refractivity contribution in [3.8, 4) is 0 Å². The van der Waals surface area contributed by atoms with Crippen LogP contribution in [0, 0.1) is 11.7 Å². The van der Waals surface area contributed by atoms with Crippen LogP contribution in [0.15, 0.2) is 23.1 Å². The first kappa shape index (κ1) is 15.9. The van der Waals surface area contributed by atoms with Gasteiger partial charge in [-0.25, -0.2) is 17.5 Å². The predicted molar refractivity (Wildman–Crippen MR) is 74.7 cm³/mol. The van der Waals surface area contributed by atoms with Gasteiger partial charge in [-0.15, -0.1) is 0 Å². The van der Waals surface area contributed by atoms with E-state index in [2.05, 4.69) is 18.6 Å². The lowest BCUT2D eigenvalue weighted by molar-refractivity contribution is 0.485. The van der Waals surface area contributed by atoms with Gasteiger partial charge in [-0.2, -0.15) is 0 Å². The largest absolute Gasteiger partial charge is 0.399 e. The molecule has 3 N–H and O–H groups in total. The lowest BCUT2D eigenvalue weighted by Gasteiger charge is -2.15.